The van der Waals surface area contributed by atoms with Gasteiger partial charge in [-0.05, 0) is 102 Å². The average Bonchev–Trinajstić information content (AvgIpc) is 1.45. The summed E-state index contributed by atoms with van der Waals surface area (Å²) in [7, 11) is 5.07. The van der Waals surface area contributed by atoms with E-state index < -0.39 is 120 Å². The number of hydrogen-bond acceptors (Lipinski definition) is 27. The number of methoxy groups -OCH3 is 4. The Morgan fingerprint density at radius 3 is 1.12 bits per heavy atom. The molecule has 4 aromatic rings. The number of carboxylic acid groups (broad SMARTS) is 2. The van der Waals surface area contributed by atoms with Gasteiger partial charge in [0.2, 0.25) is 0 Å². The minimum atomic E-state index is -1.82. The third-order valence-corrected chi connectivity index (χ3v) is 16.4. The van der Waals surface area contributed by atoms with E-state index in [1.165, 1.54) is 59.4 Å². The normalized spacial score (nSPS) is 16.9. The van der Waals surface area contributed by atoms with Gasteiger partial charge < -0.3 is 89.8 Å². The molecular formula is C74H96Na3O27-. The molecule has 0 aliphatic carbocycles. The Morgan fingerprint density at radius 1 is 0.471 bits per heavy atom. The van der Waals surface area contributed by atoms with E-state index in [2.05, 4.69) is 11.7 Å². The Labute approximate surface area is 674 Å². The van der Waals surface area contributed by atoms with Gasteiger partial charge in [0, 0.05) is 81.1 Å². The standard InChI is InChI=1S/C43H54O17.C18H18O4.C9H14O4.C2H6O.C2H5.3Na.H2O/c1-8-32(54-5)36(42(52)59-19-18-58-27-16-14-26(15-17-27)31(45)22-30(44)25-12-10-23(3)11-13-25)28(38(46)47)21-34(56-7)37(41(51)57-9-2)29(39(48)49)20-33(55-6)35-24(4)40(50)60-43(35)53;1-13-2-4-14(5-3-13)17(20)12-18(21)15-6-8-16(9-7-15)22-11-10-19;1-4-6(12-3)7-5(2)8(10)13-9(7)11;1-2-3;1-2;;;;/h10-17,24,28-29,32-37H,8-9,18-22H2,1-7H3,(H,46,47)(H,48,49);2-9,19H,10-12H2,1H3;5-7H,4H2,1-3H3;3H,2H2,1H3;1H2,2H3;;;;1H2/q;;;;-1;3*+1;/p-3. The van der Waals surface area contributed by atoms with Crippen molar-refractivity contribution >= 4 is 70.9 Å². The maximum Gasteiger partial charge on any atom is 1.00 e. The minimum Gasteiger partial charge on any atom is -0.870 e. The van der Waals surface area contributed by atoms with Gasteiger partial charge in [-0.15, -0.1) is 0 Å². The number of esters is 6. The summed E-state index contributed by atoms with van der Waals surface area (Å²) in [6.07, 6.45) is -5.03. The molecule has 4 aromatic carbocycles. The summed E-state index contributed by atoms with van der Waals surface area (Å²) in [5.41, 5.74) is 3.77. The first kappa shape index (κ1) is 102. The summed E-state index contributed by atoms with van der Waals surface area (Å²) in [4.78, 5) is 149. The number of carbonyl (C=O) groups is 12. The minimum absolute atomic E-state index is 0. The second kappa shape index (κ2) is 54.6. The summed E-state index contributed by atoms with van der Waals surface area (Å²) in [5, 5.41) is 41.8. The first-order valence-corrected chi connectivity index (χ1v) is 32.7. The van der Waals surface area contributed by atoms with Crippen molar-refractivity contribution in [3.63, 3.8) is 0 Å². The van der Waals surface area contributed by atoms with Crippen molar-refractivity contribution in [1.29, 1.82) is 0 Å². The predicted molar refractivity (Wildman–Crippen MR) is 358 cm³/mol. The number of aliphatic carboxylic acids is 2. The molecule has 0 spiro atoms. The summed E-state index contributed by atoms with van der Waals surface area (Å²) in [6.45, 7) is 18.2. The fourth-order valence-electron chi connectivity index (χ4n) is 11.0. The fourth-order valence-corrected chi connectivity index (χ4v) is 11.0. The number of carbonyl (C=O) groups excluding carboxylic acids is 12. The molecule has 2 fully saturated rings. The zero-order chi connectivity index (χ0) is 75.3. The van der Waals surface area contributed by atoms with Crippen molar-refractivity contribution in [2.45, 2.75) is 125 Å². The molecule has 12 atom stereocenters. The van der Waals surface area contributed by atoms with Gasteiger partial charge in [0.15, 0.2) is 23.1 Å². The van der Waals surface area contributed by atoms with Crippen LogP contribution in [0.2, 0.25) is 0 Å². The van der Waals surface area contributed by atoms with Crippen LogP contribution in [0.25, 0.3) is 0 Å². The van der Waals surface area contributed by atoms with Crippen molar-refractivity contribution in [3.8, 4) is 11.5 Å². The number of benzene rings is 4. The van der Waals surface area contributed by atoms with E-state index in [-0.39, 0.29) is 194 Å². The molecule has 3 N–H and O–H groups in total. The molecule has 558 valence electrons. The van der Waals surface area contributed by atoms with Crippen LogP contribution in [0.1, 0.15) is 140 Å². The molecule has 104 heavy (non-hydrogen) atoms. The Hall–Kier alpha value is -5.96. The van der Waals surface area contributed by atoms with Crippen LogP contribution in [0.15, 0.2) is 97.1 Å². The van der Waals surface area contributed by atoms with Gasteiger partial charge in [0.25, 0.3) is 0 Å². The molecule has 6 rings (SSSR count). The van der Waals surface area contributed by atoms with Crippen molar-refractivity contribution in [1.82, 2.24) is 0 Å². The number of rotatable bonds is 36. The van der Waals surface area contributed by atoms with Crippen molar-refractivity contribution in [2.75, 3.05) is 68.1 Å². The molecule has 0 saturated carbocycles. The second-order valence-electron chi connectivity index (χ2n) is 22.9. The first-order chi connectivity index (χ1) is 47.6. The number of cyclic esters (lactones) is 4. The number of ether oxygens (including phenoxy) is 10. The van der Waals surface area contributed by atoms with Crippen LogP contribution in [-0.4, -0.2) is 179 Å². The number of hydrogen-bond donors (Lipinski definition) is 2. The molecule has 30 heteroatoms. The smallest absolute Gasteiger partial charge is 0.870 e. The Kier molecular flexibility index (Phi) is 53.7. The molecule has 2 saturated heterocycles. The number of aliphatic hydroxyl groups is 2. The SMILES string of the molecule is CCC(OC)C1C(=O)OC(=O)C1C.CCO.CCOC(=O)C(C(CC(C(=O)[O-])C(C(=O)OCCOc1ccc(C(=O)CC(=O)c2ccc(C)cc2)cc1)C(CC)OC)OC)C(CC(OC)C1C(=O)OC(=O)C1C)C(=O)[O-].Cc1ccc(C(=O)CC(=O)c2ccc(OCCO)cc2)cc1.[CH2-]C.[Na+].[Na+].[Na+].[OH-]. The maximum absolute atomic E-state index is 13.7. The molecule has 0 bridgehead atoms. The molecule has 2 heterocycles. The molecule has 27 nitrogen and oxygen atoms in total. The van der Waals surface area contributed by atoms with E-state index in [0.717, 1.165) is 18.2 Å². The quantitative estimate of drug-likeness (QED) is 0.00857. The topological polar surface area (TPSA) is 414 Å². The largest absolute Gasteiger partial charge is 1.00 e. The van der Waals surface area contributed by atoms with E-state index in [1.807, 2.05) is 32.9 Å². The number of Topliss-reactive ketones (excluding diaryl/α,β-unsaturated/α-hetero) is 4. The van der Waals surface area contributed by atoms with Crippen molar-refractivity contribution in [3.05, 3.63) is 137 Å². The monoisotopic (exact) mass is 1490 g/mol. The van der Waals surface area contributed by atoms with Gasteiger partial charge in [-0.1, -0.05) is 87.4 Å². The van der Waals surface area contributed by atoms with Crippen LogP contribution in [0.4, 0.5) is 0 Å². The molecule has 2 aliphatic rings. The molecule has 2 aliphatic heterocycles. The molecule has 0 radical (unpaired) electrons. The van der Waals surface area contributed by atoms with Gasteiger partial charge in [0.1, 0.15) is 31.3 Å². The van der Waals surface area contributed by atoms with Crippen LogP contribution < -0.4 is 108 Å². The number of aliphatic hydroxyl groups excluding tert-OH is 2. The second-order valence-corrected chi connectivity index (χ2v) is 22.9. The molecule has 0 aromatic heterocycles. The first-order valence-electron chi connectivity index (χ1n) is 32.7. The fraction of sp³-hybridized carbons (Fsp3) is 0.500. The van der Waals surface area contributed by atoms with Gasteiger partial charge >= 0.3 is 124 Å². The third-order valence-electron chi connectivity index (χ3n) is 16.4. The molecule has 12 unspecified atom stereocenters. The zero-order valence-electron chi connectivity index (χ0n) is 62.5. The summed E-state index contributed by atoms with van der Waals surface area (Å²) in [5.74, 6) is -18.6. The van der Waals surface area contributed by atoms with E-state index in [0.29, 0.717) is 34.6 Å². The van der Waals surface area contributed by atoms with Crippen LogP contribution in [0, 0.1) is 68.1 Å². The van der Waals surface area contributed by atoms with Crippen molar-refractivity contribution in [2.24, 2.45) is 47.3 Å². The van der Waals surface area contributed by atoms with Crippen LogP contribution in [0.3, 0.4) is 0 Å². The van der Waals surface area contributed by atoms with Crippen LogP contribution >= 0.6 is 0 Å². The van der Waals surface area contributed by atoms with E-state index >= 15 is 0 Å². The van der Waals surface area contributed by atoms with E-state index in [4.69, 9.17) is 52.8 Å². The van der Waals surface area contributed by atoms with Gasteiger partial charge in [0.05, 0.1) is 86.0 Å². The van der Waals surface area contributed by atoms with E-state index in [1.54, 1.807) is 88.4 Å². The summed E-state index contributed by atoms with van der Waals surface area (Å²) >= 11 is 0. The number of carboxylic acids is 2. The Balaban J connectivity index is -0.00000188. The maximum atomic E-state index is 13.7. The summed E-state index contributed by atoms with van der Waals surface area (Å²) in [6, 6.07) is 26.6. The van der Waals surface area contributed by atoms with Crippen LogP contribution in [-0.2, 0) is 76.3 Å². The Bertz CT molecular complexity index is 3280. The van der Waals surface area contributed by atoms with Gasteiger partial charge in [-0.25, -0.2) is 0 Å². The zero-order valence-corrected chi connectivity index (χ0v) is 68.5. The van der Waals surface area contributed by atoms with E-state index in [9.17, 15) is 67.7 Å². The molecule has 0 amide bonds. The van der Waals surface area contributed by atoms with Crippen LogP contribution in [0.5, 0.6) is 11.5 Å². The van der Waals surface area contributed by atoms with Gasteiger partial charge in [-0.2, -0.15) is 6.92 Å². The third kappa shape index (κ3) is 32.2. The van der Waals surface area contributed by atoms with Gasteiger partial charge in [-0.3, -0.25) is 47.9 Å². The predicted octanol–water partition coefficient (Wildman–Crippen LogP) is -3.29. The number of aryl methyl sites for hydroxylation is 2. The number of ketones is 4. The van der Waals surface area contributed by atoms with Crippen molar-refractivity contribution < 1.29 is 219 Å². The Morgan fingerprint density at radius 2 is 0.808 bits per heavy atom. The average molecular weight is 1490 g/mol. The molecular weight excluding hydrogens is 1390 g/mol. The summed E-state index contributed by atoms with van der Waals surface area (Å²) < 4.78 is 52.3.